The van der Waals surface area contributed by atoms with Crippen LogP contribution < -0.4 is 10.2 Å². The number of hydrogen-bond donors (Lipinski definition) is 2. The number of anilines is 1. The number of fused-ring (bicyclic) bond motifs is 2. The number of nitrogens with one attached hydrogen (secondary N) is 2. The molecule has 0 bridgehead atoms. The van der Waals surface area contributed by atoms with Crippen molar-refractivity contribution in [3.63, 3.8) is 0 Å². The van der Waals surface area contributed by atoms with Gasteiger partial charge in [0, 0.05) is 68.4 Å². The summed E-state index contributed by atoms with van der Waals surface area (Å²) in [7, 11) is 0. The molecule has 1 unspecified atom stereocenters. The number of rotatable bonds is 4. The van der Waals surface area contributed by atoms with Gasteiger partial charge in [-0.3, -0.25) is 24.6 Å². The second kappa shape index (κ2) is 8.74. The quantitative estimate of drug-likeness (QED) is 0.551. The number of amides is 3. The van der Waals surface area contributed by atoms with Crippen LogP contribution in [0.5, 0.6) is 0 Å². The van der Waals surface area contributed by atoms with Gasteiger partial charge in [-0.1, -0.05) is 18.2 Å². The van der Waals surface area contributed by atoms with Gasteiger partial charge in [-0.2, -0.15) is 0 Å². The molecule has 8 nitrogen and oxygen atoms in total. The van der Waals surface area contributed by atoms with E-state index >= 15 is 4.39 Å². The van der Waals surface area contributed by atoms with E-state index < -0.39 is 17.8 Å². The summed E-state index contributed by atoms with van der Waals surface area (Å²) in [6.45, 7) is 6.15. The fraction of sp³-hybridized carbons (Fsp3) is 0.370. The SMILES string of the molecule is Cc1cccc2c(CN3CCN(c4cc5c(cc4F)C(=O)N(C4CCC(=O)NC4=O)C5)CC3)c[nH]c12. The molecule has 2 aromatic carbocycles. The average Bonchev–Trinajstić information content (AvgIpc) is 3.41. The van der Waals surface area contributed by atoms with E-state index in [1.54, 1.807) is 6.07 Å². The number of carbonyl (C=O) groups is 3. The van der Waals surface area contributed by atoms with Crippen molar-refractivity contribution < 1.29 is 18.8 Å². The largest absolute Gasteiger partial charge is 0.367 e. The third-order valence-corrected chi connectivity index (χ3v) is 7.71. The molecule has 3 aromatic rings. The number of imide groups is 1. The van der Waals surface area contributed by atoms with Gasteiger partial charge < -0.3 is 14.8 Å². The van der Waals surface area contributed by atoms with Gasteiger partial charge in [-0.05, 0) is 42.2 Å². The molecule has 2 N–H and O–H groups in total. The first kappa shape index (κ1) is 22.7. The second-order valence-corrected chi connectivity index (χ2v) is 9.94. The summed E-state index contributed by atoms with van der Waals surface area (Å²) in [4.78, 5) is 46.0. The molecule has 0 radical (unpaired) electrons. The zero-order valence-electron chi connectivity index (χ0n) is 20.1. The van der Waals surface area contributed by atoms with Crippen molar-refractivity contribution in [3.05, 3.63) is 64.6 Å². The molecule has 6 rings (SSSR count). The van der Waals surface area contributed by atoms with E-state index in [1.165, 1.54) is 33.0 Å². The predicted octanol–water partition coefficient (Wildman–Crippen LogP) is 2.70. The number of aryl methyl sites for hydroxylation is 1. The fourth-order valence-corrected chi connectivity index (χ4v) is 5.70. The van der Waals surface area contributed by atoms with Gasteiger partial charge in [0.2, 0.25) is 11.8 Å². The molecular formula is C27H28FN5O3. The lowest BCUT2D eigenvalue weighted by atomic mass is 10.0. The van der Waals surface area contributed by atoms with Crippen molar-refractivity contribution in [1.82, 2.24) is 20.1 Å². The minimum Gasteiger partial charge on any atom is -0.367 e. The smallest absolute Gasteiger partial charge is 0.255 e. The zero-order valence-corrected chi connectivity index (χ0v) is 20.1. The Hall–Kier alpha value is -3.72. The Morgan fingerprint density at radius 3 is 2.67 bits per heavy atom. The van der Waals surface area contributed by atoms with Gasteiger partial charge in [0.25, 0.3) is 5.91 Å². The van der Waals surface area contributed by atoms with Gasteiger partial charge in [0.1, 0.15) is 11.9 Å². The molecule has 3 aliphatic rings. The van der Waals surface area contributed by atoms with Gasteiger partial charge in [0.05, 0.1) is 5.69 Å². The van der Waals surface area contributed by atoms with E-state index in [2.05, 4.69) is 46.5 Å². The second-order valence-electron chi connectivity index (χ2n) is 9.94. The van der Waals surface area contributed by atoms with E-state index in [9.17, 15) is 14.4 Å². The molecule has 2 fully saturated rings. The van der Waals surface area contributed by atoms with Crippen molar-refractivity contribution >= 4 is 34.3 Å². The van der Waals surface area contributed by atoms with Crippen LogP contribution in [0.3, 0.4) is 0 Å². The topological polar surface area (TPSA) is 88.8 Å². The molecule has 9 heteroatoms. The van der Waals surface area contributed by atoms with Crippen LogP contribution in [0.4, 0.5) is 10.1 Å². The maximum Gasteiger partial charge on any atom is 0.255 e. The summed E-state index contributed by atoms with van der Waals surface area (Å²) >= 11 is 0. The summed E-state index contributed by atoms with van der Waals surface area (Å²) in [5.74, 6) is -1.57. The monoisotopic (exact) mass is 489 g/mol. The molecule has 1 atom stereocenters. The zero-order chi connectivity index (χ0) is 25.0. The number of benzene rings is 2. The van der Waals surface area contributed by atoms with Crippen LogP contribution >= 0.6 is 0 Å². The first-order chi connectivity index (χ1) is 17.4. The molecule has 36 heavy (non-hydrogen) atoms. The molecule has 0 saturated carbocycles. The Morgan fingerprint density at radius 1 is 1.08 bits per heavy atom. The van der Waals surface area contributed by atoms with Gasteiger partial charge >= 0.3 is 0 Å². The van der Waals surface area contributed by atoms with Crippen LogP contribution in [-0.4, -0.2) is 64.7 Å². The van der Waals surface area contributed by atoms with Crippen molar-refractivity contribution in [2.75, 3.05) is 31.1 Å². The van der Waals surface area contributed by atoms with Gasteiger partial charge in [0.15, 0.2) is 0 Å². The summed E-state index contributed by atoms with van der Waals surface area (Å²) < 4.78 is 15.2. The van der Waals surface area contributed by atoms with Crippen molar-refractivity contribution in [2.45, 2.75) is 38.9 Å². The predicted molar refractivity (Wildman–Crippen MR) is 133 cm³/mol. The minimum atomic E-state index is -0.703. The van der Waals surface area contributed by atoms with Crippen molar-refractivity contribution in [1.29, 1.82) is 0 Å². The van der Waals surface area contributed by atoms with E-state index in [-0.39, 0.29) is 31.2 Å². The highest BCUT2D eigenvalue weighted by atomic mass is 19.1. The van der Waals surface area contributed by atoms with Crippen LogP contribution in [0.25, 0.3) is 10.9 Å². The van der Waals surface area contributed by atoms with Gasteiger partial charge in [-0.15, -0.1) is 0 Å². The van der Waals surface area contributed by atoms with E-state index in [4.69, 9.17) is 0 Å². The van der Waals surface area contributed by atoms with Crippen LogP contribution in [0.1, 0.15) is 39.9 Å². The summed E-state index contributed by atoms with van der Waals surface area (Å²) in [6.07, 6.45) is 2.56. The molecule has 186 valence electrons. The first-order valence-electron chi connectivity index (χ1n) is 12.4. The lowest BCUT2D eigenvalue weighted by molar-refractivity contribution is -0.136. The Kier molecular flexibility index (Phi) is 5.52. The number of piperidine rings is 1. The highest BCUT2D eigenvalue weighted by Gasteiger charge is 2.40. The van der Waals surface area contributed by atoms with Crippen LogP contribution in [0.2, 0.25) is 0 Å². The maximum atomic E-state index is 15.2. The fourth-order valence-electron chi connectivity index (χ4n) is 5.70. The summed E-state index contributed by atoms with van der Waals surface area (Å²) in [5.41, 5.74) is 5.18. The number of nitrogens with zero attached hydrogens (tertiary/aromatic N) is 3. The minimum absolute atomic E-state index is 0.193. The molecule has 2 saturated heterocycles. The summed E-state index contributed by atoms with van der Waals surface area (Å²) in [6, 6.07) is 8.68. The molecular weight excluding hydrogens is 461 g/mol. The van der Waals surface area contributed by atoms with E-state index in [0.29, 0.717) is 24.3 Å². The molecule has 4 heterocycles. The molecule has 0 aliphatic carbocycles. The Balaban J connectivity index is 1.14. The standard InChI is InChI=1S/C27H28FN5O3/c1-16-3-2-4-19-18(13-29-25(16)19)14-31-7-9-32(10-8-31)23-11-17-15-33(27(36)20(17)12-21(23)28)22-5-6-24(34)30-26(22)35/h2-4,11-13,22,29H,5-10,14-15H2,1H3,(H,30,34,35). The normalized spacial score (nSPS) is 20.8. The number of aromatic amines is 1. The number of hydrogen-bond acceptors (Lipinski definition) is 5. The number of piperazine rings is 1. The van der Waals surface area contributed by atoms with Crippen LogP contribution in [0.15, 0.2) is 36.5 Å². The highest BCUT2D eigenvalue weighted by Crippen LogP contribution is 2.33. The highest BCUT2D eigenvalue weighted by molar-refractivity contribution is 6.05. The van der Waals surface area contributed by atoms with E-state index in [1.807, 2.05) is 4.90 Å². The molecule has 1 aromatic heterocycles. The lowest BCUT2D eigenvalue weighted by Gasteiger charge is -2.36. The molecule has 3 aliphatic heterocycles. The number of H-pyrrole nitrogens is 1. The average molecular weight is 490 g/mol. The van der Waals surface area contributed by atoms with Crippen molar-refractivity contribution in [2.24, 2.45) is 0 Å². The maximum absolute atomic E-state index is 15.2. The number of halogens is 1. The van der Waals surface area contributed by atoms with Gasteiger partial charge in [-0.25, -0.2) is 4.39 Å². The molecule has 0 spiro atoms. The number of carbonyl (C=O) groups excluding carboxylic acids is 3. The lowest BCUT2D eigenvalue weighted by Crippen LogP contribution is -2.52. The number of para-hydroxylation sites is 1. The van der Waals surface area contributed by atoms with E-state index in [0.717, 1.165) is 25.2 Å². The summed E-state index contributed by atoms with van der Waals surface area (Å²) in [5, 5.41) is 3.54. The Labute approximate surface area is 208 Å². The Bertz CT molecular complexity index is 1390. The molecule has 3 amide bonds. The first-order valence-corrected chi connectivity index (χ1v) is 12.4. The van der Waals surface area contributed by atoms with Crippen LogP contribution in [-0.2, 0) is 22.7 Å². The van der Waals surface area contributed by atoms with Crippen LogP contribution in [0, 0.1) is 12.7 Å². The third kappa shape index (κ3) is 3.83. The van der Waals surface area contributed by atoms with Crippen molar-refractivity contribution in [3.8, 4) is 0 Å². The number of aromatic nitrogens is 1. The Morgan fingerprint density at radius 2 is 1.89 bits per heavy atom. The third-order valence-electron chi connectivity index (χ3n) is 7.71.